The first kappa shape index (κ1) is 19.4. The van der Waals surface area contributed by atoms with E-state index in [9.17, 15) is 14.0 Å². The van der Waals surface area contributed by atoms with Crippen LogP contribution in [0, 0.1) is 5.82 Å². The third-order valence-corrected chi connectivity index (χ3v) is 5.17. The van der Waals surface area contributed by atoms with Crippen molar-refractivity contribution < 1.29 is 23.8 Å². The Hall–Kier alpha value is -3.87. The molecule has 4 rings (SSSR count). The van der Waals surface area contributed by atoms with Gasteiger partial charge in [0.2, 0.25) is 5.91 Å². The van der Waals surface area contributed by atoms with Gasteiger partial charge >= 0.3 is 5.97 Å². The molecular formula is C23H19FN2O4. The summed E-state index contributed by atoms with van der Waals surface area (Å²) < 4.78 is 22.0. The number of carboxylic acid groups (broad SMARTS) is 1. The minimum Gasteiger partial charge on any atom is -0.481 e. The molecule has 0 aliphatic rings. The topological polar surface area (TPSA) is 94.6 Å². The predicted molar refractivity (Wildman–Crippen MR) is 111 cm³/mol. The van der Waals surface area contributed by atoms with Crippen molar-refractivity contribution in [2.75, 3.05) is 6.61 Å². The van der Waals surface area contributed by atoms with Gasteiger partial charge in [0.25, 0.3) is 0 Å². The number of nitrogens with zero attached hydrogens (tertiary/aromatic N) is 1. The van der Waals surface area contributed by atoms with Gasteiger partial charge in [0.05, 0.1) is 22.5 Å². The molecule has 30 heavy (non-hydrogen) atoms. The molecule has 0 aliphatic heterocycles. The van der Waals surface area contributed by atoms with E-state index < -0.39 is 24.5 Å². The molecule has 1 unspecified atom stereocenters. The third kappa shape index (κ3) is 3.14. The molecule has 152 valence electrons. The van der Waals surface area contributed by atoms with Gasteiger partial charge in [-0.3, -0.25) is 4.79 Å². The van der Waals surface area contributed by atoms with Gasteiger partial charge in [-0.1, -0.05) is 30.3 Å². The number of primary amides is 1. The summed E-state index contributed by atoms with van der Waals surface area (Å²) in [6.07, 6.45) is 0. The van der Waals surface area contributed by atoms with Gasteiger partial charge in [-0.05, 0) is 37.3 Å². The highest BCUT2D eigenvalue weighted by Gasteiger charge is 2.23. The molecule has 6 nitrogen and oxygen atoms in total. The number of nitrogens with two attached hydrogens (primary N) is 1. The monoisotopic (exact) mass is 406 g/mol. The lowest BCUT2D eigenvalue weighted by molar-refractivity contribution is -0.139. The van der Waals surface area contributed by atoms with Crippen molar-refractivity contribution in [1.82, 2.24) is 4.57 Å². The van der Waals surface area contributed by atoms with Crippen molar-refractivity contribution in [2.45, 2.75) is 13.0 Å². The minimum atomic E-state index is -1.12. The lowest BCUT2D eigenvalue weighted by Crippen LogP contribution is -2.12. The molecule has 0 fully saturated rings. The highest BCUT2D eigenvalue weighted by molar-refractivity contribution is 6.19. The molecule has 0 spiro atoms. The van der Waals surface area contributed by atoms with Crippen LogP contribution in [-0.4, -0.2) is 28.2 Å². The number of benzene rings is 3. The number of hydrogen-bond donors (Lipinski definition) is 2. The average molecular weight is 406 g/mol. The smallest absolute Gasteiger partial charge is 0.341 e. The Morgan fingerprint density at radius 3 is 2.37 bits per heavy atom. The van der Waals surface area contributed by atoms with Crippen molar-refractivity contribution in [3.63, 3.8) is 0 Å². The molecule has 1 heterocycles. The lowest BCUT2D eigenvalue weighted by atomic mass is 10.1. The van der Waals surface area contributed by atoms with Gasteiger partial charge in [0.15, 0.2) is 6.61 Å². The number of aromatic nitrogens is 1. The fraction of sp³-hybridized carbons (Fsp3) is 0.130. The number of carbonyl (C=O) groups is 2. The standard InChI is InChI=1S/C23H19FN2O4/c1-13(14-6-2-3-8-16(14)24)26-17-9-4-7-15(23(25)29)21(17)22-18(26)10-5-11-19(22)30-12-20(27)28/h2-11,13H,12H2,1H3,(H2,25,29)(H,27,28). The van der Waals surface area contributed by atoms with Crippen molar-refractivity contribution >= 4 is 33.7 Å². The molecule has 0 radical (unpaired) electrons. The van der Waals surface area contributed by atoms with E-state index in [4.69, 9.17) is 15.6 Å². The summed E-state index contributed by atoms with van der Waals surface area (Å²) in [5.74, 6) is -1.77. The zero-order valence-corrected chi connectivity index (χ0v) is 16.1. The first-order chi connectivity index (χ1) is 14.4. The van der Waals surface area contributed by atoms with Crippen molar-refractivity contribution in [3.8, 4) is 5.75 Å². The van der Waals surface area contributed by atoms with Crippen LogP contribution in [0.4, 0.5) is 4.39 Å². The highest BCUT2D eigenvalue weighted by atomic mass is 19.1. The van der Waals surface area contributed by atoms with Gasteiger partial charge in [-0.2, -0.15) is 0 Å². The third-order valence-electron chi connectivity index (χ3n) is 5.17. The zero-order valence-electron chi connectivity index (χ0n) is 16.1. The van der Waals surface area contributed by atoms with Crippen LogP contribution in [-0.2, 0) is 4.79 Å². The van der Waals surface area contributed by atoms with Gasteiger partial charge in [-0.25, -0.2) is 9.18 Å². The molecule has 0 aliphatic carbocycles. The molecule has 1 atom stereocenters. The Morgan fingerprint density at radius 1 is 1.03 bits per heavy atom. The number of amides is 1. The van der Waals surface area contributed by atoms with Crippen LogP contribution in [0.25, 0.3) is 21.8 Å². The summed E-state index contributed by atoms with van der Waals surface area (Å²) in [6, 6.07) is 16.4. The first-order valence-corrected chi connectivity index (χ1v) is 9.34. The quantitative estimate of drug-likeness (QED) is 0.504. The van der Waals surface area contributed by atoms with Crippen LogP contribution < -0.4 is 10.5 Å². The van der Waals surface area contributed by atoms with E-state index in [-0.39, 0.29) is 11.4 Å². The van der Waals surface area contributed by atoms with Crippen LogP contribution in [0.15, 0.2) is 60.7 Å². The Bertz CT molecular complexity index is 1300. The van der Waals surface area contributed by atoms with E-state index in [2.05, 4.69) is 0 Å². The number of ether oxygens (including phenoxy) is 1. The van der Waals surface area contributed by atoms with E-state index in [1.165, 1.54) is 6.07 Å². The lowest BCUT2D eigenvalue weighted by Gasteiger charge is -2.18. The maximum Gasteiger partial charge on any atom is 0.341 e. The Kier molecular flexibility index (Phi) is 4.87. The average Bonchev–Trinajstić information content (AvgIpc) is 3.07. The largest absolute Gasteiger partial charge is 0.481 e. The highest BCUT2D eigenvalue weighted by Crippen LogP contribution is 2.40. The fourth-order valence-electron chi connectivity index (χ4n) is 3.94. The summed E-state index contributed by atoms with van der Waals surface area (Å²) >= 11 is 0. The van der Waals surface area contributed by atoms with Gasteiger partial charge < -0.3 is 20.1 Å². The SMILES string of the molecule is CC(c1ccccc1F)n1c2cccc(OCC(=O)O)c2c2c(C(N)=O)cccc21. The van der Waals surface area contributed by atoms with Crippen LogP contribution in [0.5, 0.6) is 5.75 Å². The summed E-state index contributed by atoms with van der Waals surface area (Å²) in [6.45, 7) is 1.33. The Balaban J connectivity index is 2.09. The summed E-state index contributed by atoms with van der Waals surface area (Å²) in [5, 5.41) is 10.1. The molecule has 7 heteroatoms. The molecule has 0 saturated heterocycles. The maximum absolute atomic E-state index is 14.6. The van der Waals surface area contributed by atoms with Crippen LogP contribution in [0.2, 0.25) is 0 Å². The molecule has 0 saturated carbocycles. The molecule has 0 bridgehead atoms. The van der Waals surface area contributed by atoms with Crippen LogP contribution >= 0.6 is 0 Å². The summed E-state index contributed by atoms with van der Waals surface area (Å²) in [4.78, 5) is 23.2. The zero-order chi connectivity index (χ0) is 21.4. The van der Waals surface area contributed by atoms with E-state index >= 15 is 0 Å². The number of rotatable bonds is 6. The van der Waals surface area contributed by atoms with E-state index in [0.29, 0.717) is 33.1 Å². The first-order valence-electron chi connectivity index (χ1n) is 9.34. The fourth-order valence-corrected chi connectivity index (χ4v) is 3.94. The van der Waals surface area contributed by atoms with E-state index in [1.54, 1.807) is 42.5 Å². The van der Waals surface area contributed by atoms with Crippen molar-refractivity contribution in [3.05, 3.63) is 77.6 Å². The van der Waals surface area contributed by atoms with Crippen LogP contribution in [0.3, 0.4) is 0 Å². The second-order valence-electron chi connectivity index (χ2n) is 6.96. The Labute approximate surface area is 171 Å². The molecule has 3 N–H and O–H groups in total. The molecule has 1 amide bonds. The number of carbonyl (C=O) groups excluding carboxylic acids is 1. The molecular weight excluding hydrogens is 387 g/mol. The summed E-state index contributed by atoms with van der Waals surface area (Å²) in [7, 11) is 0. The molecule has 4 aromatic rings. The second-order valence-corrected chi connectivity index (χ2v) is 6.96. The van der Waals surface area contributed by atoms with E-state index in [0.717, 1.165) is 0 Å². The van der Waals surface area contributed by atoms with Gasteiger partial charge in [-0.15, -0.1) is 0 Å². The second kappa shape index (κ2) is 7.51. The number of aliphatic carboxylic acids is 1. The van der Waals surface area contributed by atoms with E-state index in [1.807, 2.05) is 23.6 Å². The van der Waals surface area contributed by atoms with Gasteiger partial charge in [0.1, 0.15) is 11.6 Å². The number of fused-ring (bicyclic) bond motifs is 3. The van der Waals surface area contributed by atoms with Crippen LogP contribution in [0.1, 0.15) is 28.9 Å². The number of hydrogen-bond acceptors (Lipinski definition) is 3. The minimum absolute atomic E-state index is 0.281. The van der Waals surface area contributed by atoms with Gasteiger partial charge in [0, 0.05) is 16.5 Å². The van der Waals surface area contributed by atoms with Crippen molar-refractivity contribution in [2.24, 2.45) is 5.73 Å². The normalized spacial score (nSPS) is 12.2. The molecule has 1 aromatic heterocycles. The Morgan fingerprint density at radius 2 is 1.70 bits per heavy atom. The maximum atomic E-state index is 14.6. The number of carboxylic acids is 1. The molecule has 3 aromatic carbocycles. The number of halogens is 1. The summed E-state index contributed by atoms with van der Waals surface area (Å²) in [5.41, 5.74) is 7.73. The predicted octanol–water partition coefficient (Wildman–Crippen LogP) is 4.11. The van der Waals surface area contributed by atoms with Crippen molar-refractivity contribution in [1.29, 1.82) is 0 Å².